The molecule has 8 heteroatoms. The Morgan fingerprint density at radius 2 is 1.96 bits per heavy atom. The minimum atomic E-state index is -0.450. The van der Waals surface area contributed by atoms with Crippen molar-refractivity contribution >= 4 is 39.7 Å². The average Bonchev–Trinajstić information content (AvgIpc) is 3.31. The molecular formula is C18H15FN2O3S2. The van der Waals surface area contributed by atoms with Gasteiger partial charge in [-0.2, -0.15) is 11.3 Å². The number of carbonyl (C=O) groups excluding carboxylic acids is 2. The SMILES string of the molecule is O=C(COC(=O)CCc1ccsc1)Nc1nc(-c2ccc(F)cc2)cs1. The minimum absolute atomic E-state index is 0.232. The number of aryl methyl sites for hydroxylation is 1. The van der Waals surface area contributed by atoms with Crippen LogP contribution in [-0.2, 0) is 20.7 Å². The number of halogens is 1. The van der Waals surface area contributed by atoms with Crippen LogP contribution in [0.4, 0.5) is 9.52 Å². The summed E-state index contributed by atoms with van der Waals surface area (Å²) < 4.78 is 17.9. The van der Waals surface area contributed by atoms with Crippen LogP contribution in [0, 0.1) is 5.82 Å². The molecule has 134 valence electrons. The summed E-state index contributed by atoms with van der Waals surface area (Å²) in [5.74, 6) is -1.19. The van der Waals surface area contributed by atoms with E-state index in [9.17, 15) is 14.0 Å². The zero-order valence-electron chi connectivity index (χ0n) is 13.6. The number of hydrogen-bond donors (Lipinski definition) is 1. The topological polar surface area (TPSA) is 68.3 Å². The van der Waals surface area contributed by atoms with Crippen LogP contribution in [0.25, 0.3) is 11.3 Å². The number of thiophene rings is 1. The fourth-order valence-corrected chi connectivity index (χ4v) is 3.58. The second-order valence-electron chi connectivity index (χ2n) is 5.39. The molecule has 5 nitrogen and oxygen atoms in total. The van der Waals surface area contributed by atoms with Gasteiger partial charge in [0.15, 0.2) is 11.7 Å². The fourth-order valence-electron chi connectivity index (χ4n) is 2.14. The summed E-state index contributed by atoms with van der Waals surface area (Å²) in [6, 6.07) is 7.88. The molecule has 1 amide bonds. The van der Waals surface area contributed by atoms with Crippen molar-refractivity contribution in [2.45, 2.75) is 12.8 Å². The molecule has 3 rings (SSSR count). The quantitative estimate of drug-likeness (QED) is 0.616. The van der Waals surface area contributed by atoms with E-state index in [4.69, 9.17) is 4.74 Å². The average molecular weight is 390 g/mol. The van der Waals surface area contributed by atoms with Crippen molar-refractivity contribution in [3.8, 4) is 11.3 Å². The van der Waals surface area contributed by atoms with Crippen LogP contribution in [-0.4, -0.2) is 23.5 Å². The lowest BCUT2D eigenvalue weighted by atomic mass is 10.2. The molecule has 0 saturated heterocycles. The van der Waals surface area contributed by atoms with E-state index in [1.807, 2.05) is 16.8 Å². The van der Waals surface area contributed by atoms with Crippen LogP contribution < -0.4 is 5.32 Å². The molecule has 0 radical (unpaired) electrons. The highest BCUT2D eigenvalue weighted by molar-refractivity contribution is 7.14. The number of rotatable bonds is 7. The van der Waals surface area contributed by atoms with Crippen molar-refractivity contribution in [3.63, 3.8) is 0 Å². The number of esters is 1. The van der Waals surface area contributed by atoms with Crippen molar-refractivity contribution in [2.75, 3.05) is 11.9 Å². The van der Waals surface area contributed by atoms with E-state index in [1.165, 1.54) is 23.5 Å². The predicted octanol–water partition coefficient (Wildman–Crippen LogP) is 4.13. The van der Waals surface area contributed by atoms with E-state index in [0.717, 1.165) is 11.1 Å². The standard InChI is InChI=1S/C18H15FN2O3S2/c19-14-4-2-13(3-5-14)15-11-26-18(20-15)21-16(22)9-24-17(23)6-1-12-7-8-25-10-12/h2-5,7-8,10-11H,1,6,9H2,(H,20,21,22). The Morgan fingerprint density at radius 1 is 1.15 bits per heavy atom. The third-order valence-corrected chi connectivity index (χ3v) is 4.94. The molecule has 0 unspecified atom stereocenters. The molecule has 0 spiro atoms. The molecule has 0 aliphatic heterocycles. The van der Waals surface area contributed by atoms with Gasteiger partial charge in [0.2, 0.25) is 0 Å². The van der Waals surface area contributed by atoms with Gasteiger partial charge in [0, 0.05) is 17.4 Å². The van der Waals surface area contributed by atoms with Crippen molar-refractivity contribution in [3.05, 3.63) is 57.9 Å². The van der Waals surface area contributed by atoms with Crippen molar-refractivity contribution < 1.29 is 18.7 Å². The van der Waals surface area contributed by atoms with Crippen LogP contribution in [0.2, 0.25) is 0 Å². The summed E-state index contributed by atoms with van der Waals surface area (Å²) in [6.07, 6.45) is 0.827. The lowest BCUT2D eigenvalue weighted by molar-refractivity contribution is -0.147. The number of hydrogen-bond acceptors (Lipinski definition) is 6. The first kappa shape index (κ1) is 18.2. The lowest BCUT2D eigenvalue weighted by Gasteiger charge is -2.04. The second kappa shape index (κ2) is 8.68. The summed E-state index contributed by atoms with van der Waals surface area (Å²) in [5, 5.41) is 8.66. The normalized spacial score (nSPS) is 10.5. The van der Waals surface area contributed by atoms with E-state index in [-0.39, 0.29) is 18.8 Å². The van der Waals surface area contributed by atoms with Gasteiger partial charge in [0.25, 0.3) is 5.91 Å². The molecule has 1 N–H and O–H groups in total. The summed E-state index contributed by atoms with van der Waals surface area (Å²) in [5.41, 5.74) is 2.47. The number of ether oxygens (including phenoxy) is 1. The van der Waals surface area contributed by atoms with Gasteiger partial charge in [-0.15, -0.1) is 11.3 Å². The molecule has 0 saturated carbocycles. The number of aromatic nitrogens is 1. The van der Waals surface area contributed by atoms with E-state index in [0.29, 0.717) is 17.2 Å². The molecular weight excluding hydrogens is 375 g/mol. The minimum Gasteiger partial charge on any atom is -0.456 e. The first-order valence-corrected chi connectivity index (χ1v) is 9.60. The van der Waals surface area contributed by atoms with Crippen LogP contribution in [0.1, 0.15) is 12.0 Å². The summed E-state index contributed by atoms with van der Waals surface area (Å²) >= 11 is 2.81. The highest BCUT2D eigenvalue weighted by Gasteiger charge is 2.11. The van der Waals surface area contributed by atoms with Gasteiger partial charge in [-0.25, -0.2) is 9.37 Å². The Kier molecular flexibility index (Phi) is 6.08. The van der Waals surface area contributed by atoms with Crippen molar-refractivity contribution in [2.24, 2.45) is 0 Å². The first-order chi connectivity index (χ1) is 12.6. The molecule has 2 heterocycles. The molecule has 0 atom stereocenters. The zero-order valence-corrected chi connectivity index (χ0v) is 15.2. The Bertz CT molecular complexity index is 876. The van der Waals surface area contributed by atoms with Crippen molar-refractivity contribution in [1.82, 2.24) is 4.98 Å². The molecule has 3 aromatic rings. The van der Waals surface area contributed by atoms with Gasteiger partial charge < -0.3 is 4.74 Å². The van der Waals surface area contributed by atoms with Crippen LogP contribution >= 0.6 is 22.7 Å². The molecule has 2 aromatic heterocycles. The van der Waals surface area contributed by atoms with Gasteiger partial charge in [-0.1, -0.05) is 0 Å². The first-order valence-electron chi connectivity index (χ1n) is 7.78. The van der Waals surface area contributed by atoms with Gasteiger partial charge in [0.05, 0.1) is 5.69 Å². The maximum atomic E-state index is 12.9. The molecule has 0 aliphatic carbocycles. The number of carbonyl (C=O) groups is 2. The fraction of sp³-hybridized carbons (Fsp3) is 0.167. The van der Waals surface area contributed by atoms with Gasteiger partial charge in [-0.3, -0.25) is 14.9 Å². The third-order valence-electron chi connectivity index (χ3n) is 3.45. The van der Waals surface area contributed by atoms with Gasteiger partial charge in [0.1, 0.15) is 5.82 Å². The monoisotopic (exact) mass is 390 g/mol. The van der Waals surface area contributed by atoms with Gasteiger partial charge in [-0.05, 0) is 53.1 Å². The number of benzene rings is 1. The maximum Gasteiger partial charge on any atom is 0.306 e. The smallest absolute Gasteiger partial charge is 0.306 e. The third kappa shape index (κ3) is 5.21. The van der Waals surface area contributed by atoms with Crippen molar-refractivity contribution in [1.29, 1.82) is 0 Å². The van der Waals surface area contributed by atoms with Crippen LogP contribution in [0.5, 0.6) is 0 Å². The predicted molar refractivity (Wildman–Crippen MR) is 99.7 cm³/mol. The number of nitrogens with one attached hydrogen (secondary N) is 1. The Labute approximate surface area is 157 Å². The highest BCUT2D eigenvalue weighted by atomic mass is 32.1. The van der Waals surface area contributed by atoms with E-state index < -0.39 is 11.9 Å². The van der Waals surface area contributed by atoms with Gasteiger partial charge >= 0.3 is 5.97 Å². The molecule has 1 aromatic carbocycles. The van der Waals surface area contributed by atoms with E-state index in [1.54, 1.807) is 28.8 Å². The summed E-state index contributed by atoms with van der Waals surface area (Å²) in [4.78, 5) is 27.8. The molecule has 0 fully saturated rings. The largest absolute Gasteiger partial charge is 0.456 e. The Hall–Kier alpha value is -2.58. The number of anilines is 1. The second-order valence-corrected chi connectivity index (χ2v) is 7.02. The van der Waals surface area contributed by atoms with E-state index >= 15 is 0 Å². The summed E-state index contributed by atoms with van der Waals surface area (Å²) in [7, 11) is 0. The van der Waals surface area contributed by atoms with Crippen LogP contribution in [0.3, 0.4) is 0 Å². The van der Waals surface area contributed by atoms with E-state index in [2.05, 4.69) is 10.3 Å². The number of nitrogens with zero attached hydrogens (tertiary/aromatic N) is 1. The number of amides is 1. The zero-order chi connectivity index (χ0) is 18.4. The molecule has 0 bridgehead atoms. The molecule has 0 aliphatic rings. The maximum absolute atomic E-state index is 12.9. The lowest BCUT2D eigenvalue weighted by Crippen LogP contribution is -2.20. The Morgan fingerprint density at radius 3 is 2.69 bits per heavy atom. The highest BCUT2D eigenvalue weighted by Crippen LogP contribution is 2.24. The summed E-state index contributed by atoms with van der Waals surface area (Å²) in [6.45, 7) is -0.353. The van der Waals surface area contributed by atoms with Crippen LogP contribution in [0.15, 0.2) is 46.5 Å². The molecule has 26 heavy (non-hydrogen) atoms. The number of thiazole rings is 1. The Balaban J connectivity index is 1.44.